The van der Waals surface area contributed by atoms with Gasteiger partial charge in [-0.1, -0.05) is 158 Å². The van der Waals surface area contributed by atoms with Crippen LogP contribution in [0.1, 0.15) is 102 Å². The van der Waals surface area contributed by atoms with Crippen molar-refractivity contribution in [1.29, 1.82) is 10.5 Å². The Labute approximate surface area is 398 Å². The topological polar surface area (TPSA) is 52.0 Å². The van der Waals surface area contributed by atoms with Crippen molar-refractivity contribution >= 4 is 38.1 Å². The molecule has 6 aliphatic carbocycles. The quantitative estimate of drug-likeness (QED) is 0.178. The van der Waals surface area contributed by atoms with Gasteiger partial charge in [-0.2, -0.15) is 10.5 Å². The molecule has 10 aromatic carbocycles. The van der Waals surface area contributed by atoms with Crippen LogP contribution < -0.4 is 0 Å². The average Bonchev–Trinajstić information content (AvgIpc) is 3.94. The van der Waals surface area contributed by atoms with Crippen LogP contribution in [0.25, 0.3) is 71.5 Å². The van der Waals surface area contributed by atoms with Crippen LogP contribution in [-0.4, -0.2) is 4.40 Å². The van der Waals surface area contributed by atoms with E-state index in [1.54, 1.807) is 0 Å². The third-order valence-corrected chi connectivity index (χ3v) is 16.5. The van der Waals surface area contributed by atoms with Crippen molar-refractivity contribution in [2.45, 2.75) is 23.7 Å². The lowest BCUT2D eigenvalue weighted by atomic mass is 9.59. The summed E-state index contributed by atoms with van der Waals surface area (Å²) < 4.78 is 2.44. The molecule has 6 aliphatic rings. The van der Waals surface area contributed by atoms with Crippen LogP contribution >= 0.6 is 0 Å². The Bertz CT molecular complexity index is 3990. The number of aromatic nitrogens is 1. The van der Waals surface area contributed by atoms with Crippen molar-refractivity contribution in [2.75, 3.05) is 0 Å². The van der Waals surface area contributed by atoms with Gasteiger partial charge in [0.15, 0.2) is 0 Å². The highest BCUT2D eigenvalue weighted by atomic mass is 14.9. The largest absolute Gasteiger partial charge is 0.308 e. The zero-order valence-electron chi connectivity index (χ0n) is 37.2. The molecule has 18 rings (SSSR count). The number of nitriles is 2. The summed E-state index contributed by atoms with van der Waals surface area (Å²) in [6.45, 7) is 0. The minimum atomic E-state index is -0.0587. The molecule has 3 nitrogen and oxygen atoms in total. The molecule has 0 atom stereocenters. The van der Waals surface area contributed by atoms with E-state index < -0.39 is 0 Å². The van der Waals surface area contributed by atoms with Gasteiger partial charge in [-0.05, 0) is 143 Å². The summed E-state index contributed by atoms with van der Waals surface area (Å²) in [5.74, 6) is -0.217. The van der Waals surface area contributed by atoms with Gasteiger partial charge >= 0.3 is 0 Å². The van der Waals surface area contributed by atoms with Crippen LogP contribution in [0.3, 0.4) is 0 Å². The molecule has 0 N–H and O–H groups in total. The number of hydrogen-bond donors (Lipinski definition) is 0. The predicted molar refractivity (Wildman–Crippen MR) is 276 cm³/mol. The second-order valence-electron chi connectivity index (χ2n) is 19.5. The molecule has 0 unspecified atom stereocenters. The molecule has 0 aliphatic heterocycles. The van der Waals surface area contributed by atoms with Crippen molar-refractivity contribution < 1.29 is 0 Å². The summed E-state index contributed by atoms with van der Waals surface area (Å²) in [4.78, 5) is 0. The molecule has 4 bridgehead atoms. The first-order valence-corrected chi connectivity index (χ1v) is 24.0. The van der Waals surface area contributed by atoms with E-state index in [2.05, 4.69) is 217 Å². The Kier molecular flexibility index (Phi) is 7.17. The maximum Gasteiger partial charge on any atom is 0.0995 e. The number of fused-ring (bicyclic) bond motifs is 6. The van der Waals surface area contributed by atoms with E-state index >= 15 is 0 Å². The van der Waals surface area contributed by atoms with E-state index in [4.69, 9.17) is 0 Å². The maximum absolute atomic E-state index is 11.4. The molecule has 3 heteroatoms. The highest BCUT2D eigenvalue weighted by Crippen LogP contribution is 2.62. The summed E-state index contributed by atoms with van der Waals surface area (Å²) >= 11 is 0. The molecular formula is C66H37N3. The molecule has 0 saturated carbocycles. The molecule has 0 saturated heterocycles. The van der Waals surface area contributed by atoms with Gasteiger partial charge in [0.2, 0.25) is 0 Å². The summed E-state index contributed by atoms with van der Waals surface area (Å²) in [7, 11) is 0. The predicted octanol–water partition coefficient (Wildman–Crippen LogP) is 15.6. The van der Waals surface area contributed by atoms with Gasteiger partial charge < -0.3 is 4.40 Å². The first-order valence-electron chi connectivity index (χ1n) is 24.0. The third-order valence-electron chi connectivity index (χ3n) is 16.5. The molecular weight excluding hydrogens is 835 g/mol. The van der Waals surface area contributed by atoms with Crippen LogP contribution in [0.15, 0.2) is 200 Å². The van der Waals surface area contributed by atoms with Crippen molar-refractivity contribution in [1.82, 2.24) is 4.40 Å². The van der Waals surface area contributed by atoms with Gasteiger partial charge in [-0.25, -0.2) is 0 Å². The molecule has 0 fully saturated rings. The van der Waals surface area contributed by atoms with Crippen LogP contribution in [0.2, 0.25) is 0 Å². The van der Waals surface area contributed by atoms with Crippen LogP contribution in [-0.2, 0) is 0 Å². The molecule has 2 aromatic heterocycles. The van der Waals surface area contributed by atoms with E-state index in [-0.39, 0.29) is 23.7 Å². The zero-order chi connectivity index (χ0) is 45.2. The van der Waals surface area contributed by atoms with Crippen molar-refractivity contribution in [3.05, 3.63) is 278 Å². The maximum atomic E-state index is 11.4. The monoisotopic (exact) mass is 871 g/mol. The minimum Gasteiger partial charge on any atom is -0.308 e. The van der Waals surface area contributed by atoms with E-state index in [1.807, 2.05) is 0 Å². The number of benzene rings is 10. The molecule has 0 amide bonds. The van der Waals surface area contributed by atoms with Crippen LogP contribution in [0.5, 0.6) is 0 Å². The van der Waals surface area contributed by atoms with Crippen LogP contribution in [0, 0.1) is 22.7 Å². The Morgan fingerprint density at radius 2 is 0.594 bits per heavy atom. The fraction of sp³-hybridized carbons (Fsp3) is 0.0606. The Balaban J connectivity index is 1.10. The third kappa shape index (κ3) is 4.65. The lowest BCUT2D eigenvalue weighted by Crippen LogP contribution is -2.28. The highest BCUT2D eigenvalue weighted by Gasteiger charge is 2.47. The van der Waals surface area contributed by atoms with E-state index in [1.165, 1.54) is 88.3 Å². The van der Waals surface area contributed by atoms with Gasteiger partial charge in [0.05, 0.1) is 39.8 Å². The number of hydrogen-bond acceptors (Lipinski definition) is 2. The molecule has 0 radical (unpaired) electrons. The molecule has 316 valence electrons. The van der Waals surface area contributed by atoms with Crippen molar-refractivity contribution in [3.8, 4) is 45.5 Å². The number of rotatable bonds is 3. The van der Waals surface area contributed by atoms with Gasteiger partial charge in [0, 0.05) is 45.2 Å². The molecule has 12 aromatic rings. The first kappa shape index (κ1) is 37.1. The standard InChI is InChI=1S/C66H37N3/c67-34-42-32-54-62(64-56(42)58-44-19-7-11-23-48(44)60(64)49-24-12-8-20-45(49)58)52-30-41(40-28-38(36-15-3-1-4-16-36)27-39(29-40)37-17-5-2-6-18-37)31-53-63-55(69(54)66(52)53)33-43(35-68)57-59-46-21-9-13-25-50(46)61(65(57)63)51-26-14-10-22-47(51)59/h1-33,58-61H. The summed E-state index contributed by atoms with van der Waals surface area (Å²) in [6, 6.07) is 78.9. The fourth-order valence-electron chi connectivity index (χ4n) is 14.0. The Morgan fingerprint density at radius 3 is 0.928 bits per heavy atom. The summed E-state index contributed by atoms with van der Waals surface area (Å²) in [5, 5.41) is 27.5. The second kappa shape index (κ2) is 13.3. The first-order chi connectivity index (χ1) is 34.2. The summed E-state index contributed by atoms with van der Waals surface area (Å²) in [6.07, 6.45) is 0. The van der Waals surface area contributed by atoms with Crippen LogP contribution in [0.4, 0.5) is 0 Å². The average molecular weight is 872 g/mol. The van der Waals surface area contributed by atoms with Gasteiger partial charge in [-0.3, -0.25) is 0 Å². The lowest BCUT2D eigenvalue weighted by molar-refractivity contribution is 0.758. The summed E-state index contributed by atoms with van der Waals surface area (Å²) in [5.41, 5.74) is 26.7. The SMILES string of the molecule is N#Cc1cc2c(c3c1C1c4ccccc4C3c3ccccc31)c1cc(-c3cc(-c4ccccc4)cc(-c4ccccc4)c3)cc3c4c5c(c(C#N)cc4n2c13)C1c2ccccc2C5c2ccccc21. The smallest absolute Gasteiger partial charge is 0.0995 e. The Hall–Kier alpha value is -9.02. The molecule has 69 heavy (non-hydrogen) atoms. The van der Waals surface area contributed by atoms with E-state index in [0.717, 1.165) is 49.9 Å². The minimum absolute atomic E-state index is 0.0497. The van der Waals surface area contributed by atoms with Crippen molar-refractivity contribution in [3.63, 3.8) is 0 Å². The van der Waals surface area contributed by atoms with Gasteiger partial charge in [-0.15, -0.1) is 0 Å². The number of nitrogens with zero attached hydrogens (tertiary/aromatic N) is 3. The van der Waals surface area contributed by atoms with Gasteiger partial charge in [0.25, 0.3) is 0 Å². The molecule has 2 heterocycles. The van der Waals surface area contributed by atoms with E-state index in [9.17, 15) is 10.5 Å². The molecule has 0 spiro atoms. The fourth-order valence-corrected chi connectivity index (χ4v) is 14.0. The normalized spacial score (nSPS) is 17.5. The van der Waals surface area contributed by atoms with E-state index in [0.29, 0.717) is 11.1 Å². The van der Waals surface area contributed by atoms with Gasteiger partial charge in [0.1, 0.15) is 0 Å². The Morgan fingerprint density at radius 1 is 0.304 bits per heavy atom. The zero-order valence-corrected chi connectivity index (χ0v) is 37.2. The van der Waals surface area contributed by atoms with Crippen molar-refractivity contribution in [2.24, 2.45) is 0 Å². The highest BCUT2D eigenvalue weighted by molar-refractivity contribution is 6.27. The lowest BCUT2D eigenvalue weighted by Gasteiger charge is -2.43. The second-order valence-corrected chi connectivity index (χ2v) is 19.5.